The maximum atomic E-state index is 14.0. The Morgan fingerprint density at radius 1 is 1.22 bits per heavy atom. The van der Waals surface area contributed by atoms with Crippen molar-refractivity contribution in [1.29, 1.82) is 0 Å². The van der Waals surface area contributed by atoms with Crippen LogP contribution in [-0.4, -0.2) is 31.0 Å². The fourth-order valence-electron chi connectivity index (χ4n) is 3.56. The highest BCUT2D eigenvalue weighted by Gasteiger charge is 2.29. The second kappa shape index (κ2) is 8.14. The highest BCUT2D eigenvalue weighted by atomic mass is 79.9. The molecule has 0 radical (unpaired) electrons. The van der Waals surface area contributed by atoms with Gasteiger partial charge in [-0.25, -0.2) is 18.4 Å². The quantitative estimate of drug-likeness (QED) is 0.408. The summed E-state index contributed by atoms with van der Waals surface area (Å²) in [5, 5.41) is 7.56. The first kappa shape index (κ1) is 20.8. The van der Waals surface area contributed by atoms with Crippen LogP contribution in [0.2, 0.25) is 0 Å². The number of nitrogens with one attached hydrogen (secondary N) is 1. The van der Waals surface area contributed by atoms with E-state index in [0.29, 0.717) is 32.1 Å². The van der Waals surface area contributed by atoms with Crippen LogP contribution in [0.5, 0.6) is 0 Å². The molecule has 5 rings (SSSR count). The number of aromatic nitrogens is 4. The maximum Gasteiger partial charge on any atom is 0.265 e. The van der Waals surface area contributed by atoms with Crippen molar-refractivity contribution in [2.75, 3.05) is 11.1 Å². The third kappa shape index (κ3) is 3.71. The number of thioether (sulfide) groups is 1. The van der Waals surface area contributed by atoms with Crippen LogP contribution in [0.3, 0.4) is 0 Å². The zero-order valence-electron chi connectivity index (χ0n) is 16.3. The Labute approximate surface area is 192 Å². The van der Waals surface area contributed by atoms with Gasteiger partial charge in [0, 0.05) is 16.6 Å². The van der Waals surface area contributed by atoms with Crippen molar-refractivity contribution in [3.05, 3.63) is 75.1 Å². The van der Waals surface area contributed by atoms with Crippen LogP contribution >= 0.6 is 27.7 Å². The van der Waals surface area contributed by atoms with E-state index in [1.54, 1.807) is 18.2 Å². The van der Waals surface area contributed by atoms with Gasteiger partial charge < -0.3 is 5.32 Å². The largest absolute Gasteiger partial charge is 0.324 e. The van der Waals surface area contributed by atoms with Crippen LogP contribution in [0.25, 0.3) is 16.7 Å². The Morgan fingerprint density at radius 3 is 2.75 bits per heavy atom. The summed E-state index contributed by atoms with van der Waals surface area (Å²) < 4.78 is 30.8. The minimum atomic E-state index is -0.553. The molecule has 32 heavy (non-hydrogen) atoms. The third-order valence-corrected chi connectivity index (χ3v) is 6.66. The Morgan fingerprint density at radius 2 is 2.00 bits per heavy atom. The smallest absolute Gasteiger partial charge is 0.265 e. The normalized spacial score (nSPS) is 15.2. The Kier molecular flexibility index (Phi) is 5.30. The maximum absolute atomic E-state index is 14.0. The molecule has 0 aliphatic carbocycles. The van der Waals surface area contributed by atoms with Crippen molar-refractivity contribution >= 4 is 50.3 Å². The third-order valence-electron chi connectivity index (χ3n) is 5.07. The zero-order chi connectivity index (χ0) is 22.4. The number of carbonyl (C=O) groups is 1. The molecular weight excluding hydrogens is 504 g/mol. The molecule has 7 nitrogen and oxygen atoms in total. The lowest BCUT2D eigenvalue weighted by Crippen LogP contribution is -2.28. The molecule has 1 aliphatic heterocycles. The molecule has 1 aliphatic rings. The lowest BCUT2D eigenvalue weighted by atomic mass is 10.2. The Bertz CT molecular complexity index is 1420. The molecule has 4 aromatic rings. The molecule has 1 unspecified atom stereocenters. The summed E-state index contributed by atoms with van der Waals surface area (Å²) in [7, 11) is 0. The average molecular weight is 518 g/mol. The molecule has 1 N–H and O–H groups in total. The SMILES string of the molecule is O=C(CC1CSc2nc3c(cnn3-c3ccc(F)cc3)c(=O)n21)Nc1ccc(Br)cc1F. The summed E-state index contributed by atoms with van der Waals surface area (Å²) >= 11 is 4.53. The van der Waals surface area contributed by atoms with E-state index in [4.69, 9.17) is 0 Å². The first-order chi connectivity index (χ1) is 15.4. The number of benzene rings is 2. The van der Waals surface area contributed by atoms with Gasteiger partial charge in [0.2, 0.25) is 5.91 Å². The van der Waals surface area contributed by atoms with Gasteiger partial charge in [-0.2, -0.15) is 5.10 Å². The number of halogens is 3. The monoisotopic (exact) mass is 517 g/mol. The summed E-state index contributed by atoms with van der Waals surface area (Å²) in [5.74, 6) is -0.852. The van der Waals surface area contributed by atoms with Gasteiger partial charge in [-0.15, -0.1) is 0 Å². The van der Waals surface area contributed by atoms with E-state index in [1.807, 2.05) is 0 Å². The predicted octanol–water partition coefficient (Wildman–Crippen LogP) is 4.30. The van der Waals surface area contributed by atoms with E-state index in [0.717, 1.165) is 0 Å². The van der Waals surface area contributed by atoms with Crippen molar-refractivity contribution in [3.63, 3.8) is 0 Å². The summed E-state index contributed by atoms with van der Waals surface area (Å²) in [5.41, 5.74) is 0.706. The van der Waals surface area contributed by atoms with Crippen molar-refractivity contribution < 1.29 is 13.6 Å². The van der Waals surface area contributed by atoms with E-state index in [-0.39, 0.29) is 23.5 Å². The molecule has 2 aromatic carbocycles. The van der Waals surface area contributed by atoms with Gasteiger partial charge >= 0.3 is 0 Å². The molecule has 1 amide bonds. The number of anilines is 1. The molecule has 0 spiro atoms. The van der Waals surface area contributed by atoms with E-state index in [1.165, 1.54) is 51.5 Å². The van der Waals surface area contributed by atoms with Crippen LogP contribution in [0.15, 0.2) is 63.1 Å². The molecule has 0 saturated heterocycles. The lowest BCUT2D eigenvalue weighted by molar-refractivity contribution is -0.116. The van der Waals surface area contributed by atoms with Crippen LogP contribution in [0.1, 0.15) is 12.5 Å². The standard InChI is InChI=1S/C21H14BrF2N5O2S/c22-11-1-6-17(16(24)7-11)26-18(30)8-14-10-32-21-27-19-15(20(31)28(14)21)9-25-29(19)13-4-2-12(23)3-5-13/h1-7,9,14H,8,10H2,(H,26,30). The van der Waals surface area contributed by atoms with Crippen molar-refractivity contribution in [1.82, 2.24) is 19.3 Å². The highest BCUT2D eigenvalue weighted by Crippen LogP contribution is 2.33. The number of fused-ring (bicyclic) bond motifs is 2. The minimum Gasteiger partial charge on any atom is -0.324 e. The molecule has 162 valence electrons. The van der Waals surface area contributed by atoms with E-state index >= 15 is 0 Å². The summed E-state index contributed by atoms with van der Waals surface area (Å²) in [6, 6.07) is 9.65. The second-order valence-electron chi connectivity index (χ2n) is 7.18. The van der Waals surface area contributed by atoms with Gasteiger partial charge in [0.25, 0.3) is 5.56 Å². The van der Waals surface area contributed by atoms with Gasteiger partial charge in [-0.1, -0.05) is 27.7 Å². The summed E-state index contributed by atoms with van der Waals surface area (Å²) in [6.45, 7) is 0. The minimum absolute atomic E-state index is 0.00526. The molecule has 0 fully saturated rings. The molecule has 0 saturated carbocycles. The van der Waals surface area contributed by atoms with Crippen LogP contribution in [0, 0.1) is 11.6 Å². The van der Waals surface area contributed by atoms with E-state index < -0.39 is 17.8 Å². The lowest BCUT2D eigenvalue weighted by Gasteiger charge is -2.14. The average Bonchev–Trinajstić information content (AvgIpc) is 3.36. The topological polar surface area (TPSA) is 81.8 Å². The number of amides is 1. The molecule has 11 heteroatoms. The molecule has 1 atom stereocenters. The van der Waals surface area contributed by atoms with Gasteiger partial charge in [-0.3, -0.25) is 14.2 Å². The van der Waals surface area contributed by atoms with Gasteiger partial charge in [0.1, 0.15) is 17.0 Å². The first-order valence-electron chi connectivity index (χ1n) is 9.54. The summed E-state index contributed by atoms with van der Waals surface area (Å²) in [4.78, 5) is 30.3. The first-order valence-corrected chi connectivity index (χ1v) is 11.3. The number of carbonyl (C=O) groups excluding carboxylic acids is 1. The Balaban J connectivity index is 1.44. The summed E-state index contributed by atoms with van der Waals surface area (Å²) in [6.07, 6.45) is 1.41. The molecule has 3 heterocycles. The number of hydrogen-bond donors (Lipinski definition) is 1. The zero-order valence-corrected chi connectivity index (χ0v) is 18.7. The van der Waals surface area contributed by atoms with Crippen molar-refractivity contribution in [3.8, 4) is 5.69 Å². The second-order valence-corrected chi connectivity index (χ2v) is 9.08. The predicted molar refractivity (Wildman–Crippen MR) is 120 cm³/mol. The van der Waals surface area contributed by atoms with Gasteiger partial charge in [0.05, 0.1) is 23.6 Å². The molecule has 2 aromatic heterocycles. The van der Waals surface area contributed by atoms with Gasteiger partial charge in [0.15, 0.2) is 10.8 Å². The van der Waals surface area contributed by atoms with Crippen molar-refractivity contribution in [2.24, 2.45) is 0 Å². The number of hydrogen-bond acceptors (Lipinski definition) is 5. The van der Waals surface area contributed by atoms with E-state index in [2.05, 4.69) is 31.3 Å². The molecular formula is C21H14BrF2N5O2S. The van der Waals surface area contributed by atoms with Crippen LogP contribution < -0.4 is 10.9 Å². The van der Waals surface area contributed by atoms with Crippen molar-refractivity contribution in [2.45, 2.75) is 17.6 Å². The van der Waals surface area contributed by atoms with E-state index in [9.17, 15) is 18.4 Å². The van der Waals surface area contributed by atoms with Crippen LogP contribution in [-0.2, 0) is 4.79 Å². The fourth-order valence-corrected chi connectivity index (χ4v) is 5.02. The highest BCUT2D eigenvalue weighted by molar-refractivity contribution is 9.10. The molecule has 0 bridgehead atoms. The van der Waals surface area contributed by atoms with Crippen LogP contribution in [0.4, 0.5) is 14.5 Å². The number of rotatable bonds is 4. The van der Waals surface area contributed by atoms with Gasteiger partial charge in [-0.05, 0) is 42.5 Å². The fraction of sp³-hybridized carbons (Fsp3) is 0.143. The number of nitrogens with zero attached hydrogens (tertiary/aromatic N) is 4. The Hall–Kier alpha value is -3.05.